The molecule has 0 aliphatic heterocycles. The Morgan fingerprint density at radius 2 is 2.11 bits per heavy atom. The number of nitrogens with two attached hydrogens (primary N) is 1. The van der Waals surface area contributed by atoms with Crippen LogP contribution in [-0.4, -0.2) is 10.9 Å². The molecule has 1 aromatic carbocycles. The average molecular weight is 262 g/mol. The van der Waals surface area contributed by atoms with E-state index in [1.165, 1.54) is 6.20 Å². The third kappa shape index (κ3) is 2.43. The Bertz CT molecular complexity index is 578. The van der Waals surface area contributed by atoms with Crippen LogP contribution in [0, 0.1) is 6.92 Å². The summed E-state index contributed by atoms with van der Waals surface area (Å²) in [5.41, 5.74) is 7.68. The van der Waals surface area contributed by atoms with E-state index >= 15 is 0 Å². The van der Waals surface area contributed by atoms with E-state index in [2.05, 4.69) is 10.3 Å². The Hall–Kier alpha value is -2.07. The number of para-hydroxylation sites is 1. The molecule has 3 N–H and O–H groups in total. The number of carbonyl (C=O) groups is 1. The number of nitrogen functional groups attached to an aromatic ring is 1. The standard InChI is InChI=1S/C13H12ClN3O/c1-8-4-2-5-9(14)11(8)17-13(18)12-10(15)6-3-7-16-12/h2-7H,15H2,1H3,(H,17,18). The summed E-state index contributed by atoms with van der Waals surface area (Å²) in [6.45, 7) is 1.86. The minimum atomic E-state index is -0.371. The third-order valence-corrected chi connectivity index (χ3v) is 2.83. The lowest BCUT2D eigenvalue weighted by Crippen LogP contribution is -2.16. The van der Waals surface area contributed by atoms with Crippen LogP contribution in [0.5, 0.6) is 0 Å². The van der Waals surface area contributed by atoms with Gasteiger partial charge in [-0.1, -0.05) is 23.7 Å². The Morgan fingerprint density at radius 3 is 2.78 bits per heavy atom. The van der Waals surface area contributed by atoms with E-state index in [1.54, 1.807) is 18.2 Å². The van der Waals surface area contributed by atoms with E-state index in [9.17, 15) is 4.79 Å². The highest BCUT2D eigenvalue weighted by Gasteiger charge is 2.13. The molecular weight excluding hydrogens is 250 g/mol. The molecule has 0 spiro atoms. The maximum absolute atomic E-state index is 12.0. The number of aromatic nitrogens is 1. The van der Waals surface area contributed by atoms with E-state index in [1.807, 2.05) is 19.1 Å². The van der Waals surface area contributed by atoms with Crippen LogP contribution in [-0.2, 0) is 0 Å². The van der Waals surface area contributed by atoms with E-state index in [0.29, 0.717) is 16.4 Å². The second-order valence-electron chi connectivity index (χ2n) is 3.83. The van der Waals surface area contributed by atoms with Gasteiger partial charge in [0.1, 0.15) is 0 Å². The summed E-state index contributed by atoms with van der Waals surface area (Å²) in [6, 6.07) is 8.70. The maximum atomic E-state index is 12.0. The SMILES string of the molecule is Cc1cccc(Cl)c1NC(=O)c1ncccc1N. The van der Waals surface area contributed by atoms with Crippen molar-refractivity contribution >= 4 is 28.9 Å². The van der Waals surface area contributed by atoms with Gasteiger partial charge in [0.2, 0.25) is 0 Å². The third-order valence-electron chi connectivity index (χ3n) is 2.51. The van der Waals surface area contributed by atoms with Crippen LogP contribution < -0.4 is 11.1 Å². The summed E-state index contributed by atoms with van der Waals surface area (Å²) in [7, 11) is 0. The molecule has 0 atom stereocenters. The van der Waals surface area contributed by atoms with Crippen molar-refractivity contribution in [2.45, 2.75) is 6.92 Å². The quantitative estimate of drug-likeness (QED) is 0.873. The predicted octanol–water partition coefficient (Wildman–Crippen LogP) is 2.88. The lowest BCUT2D eigenvalue weighted by Gasteiger charge is -2.10. The summed E-state index contributed by atoms with van der Waals surface area (Å²) in [5, 5.41) is 3.21. The highest BCUT2D eigenvalue weighted by atomic mass is 35.5. The van der Waals surface area contributed by atoms with Crippen molar-refractivity contribution < 1.29 is 4.79 Å². The molecule has 0 radical (unpaired) electrons. The molecular formula is C13H12ClN3O. The Morgan fingerprint density at radius 1 is 1.33 bits per heavy atom. The Balaban J connectivity index is 2.30. The van der Waals surface area contributed by atoms with Crippen LogP contribution in [0.15, 0.2) is 36.5 Å². The zero-order valence-electron chi connectivity index (χ0n) is 9.77. The molecule has 92 valence electrons. The number of hydrogen-bond acceptors (Lipinski definition) is 3. The molecule has 5 heteroatoms. The number of carbonyl (C=O) groups excluding carboxylic acids is 1. The molecule has 1 heterocycles. The highest BCUT2D eigenvalue weighted by molar-refractivity contribution is 6.34. The van der Waals surface area contributed by atoms with Crippen LogP contribution >= 0.6 is 11.6 Å². The minimum Gasteiger partial charge on any atom is -0.397 e. The summed E-state index contributed by atoms with van der Waals surface area (Å²) in [4.78, 5) is 16.0. The van der Waals surface area contributed by atoms with Gasteiger partial charge in [-0.2, -0.15) is 0 Å². The van der Waals surface area contributed by atoms with Gasteiger partial charge in [0.15, 0.2) is 5.69 Å². The Labute approximate surface area is 110 Å². The zero-order chi connectivity index (χ0) is 13.1. The van der Waals surface area contributed by atoms with Crippen molar-refractivity contribution in [2.75, 3.05) is 11.1 Å². The van der Waals surface area contributed by atoms with Crippen LogP contribution in [0.4, 0.5) is 11.4 Å². The minimum absolute atomic E-state index is 0.191. The van der Waals surface area contributed by atoms with Gasteiger partial charge in [0, 0.05) is 6.20 Å². The normalized spacial score (nSPS) is 10.1. The molecule has 0 bridgehead atoms. The van der Waals surface area contributed by atoms with Gasteiger partial charge in [-0.25, -0.2) is 4.98 Å². The molecule has 18 heavy (non-hydrogen) atoms. The molecule has 0 aliphatic rings. The molecule has 2 aromatic rings. The average Bonchev–Trinajstić information content (AvgIpc) is 2.34. The van der Waals surface area contributed by atoms with Gasteiger partial charge in [0.25, 0.3) is 5.91 Å². The number of benzene rings is 1. The van der Waals surface area contributed by atoms with Crippen molar-refractivity contribution in [3.05, 3.63) is 52.8 Å². The maximum Gasteiger partial charge on any atom is 0.276 e. The monoisotopic (exact) mass is 261 g/mol. The number of anilines is 2. The molecule has 0 saturated heterocycles. The fourth-order valence-corrected chi connectivity index (χ4v) is 1.84. The smallest absolute Gasteiger partial charge is 0.276 e. The molecule has 2 rings (SSSR count). The van der Waals surface area contributed by atoms with Crippen LogP contribution in [0.3, 0.4) is 0 Å². The van der Waals surface area contributed by atoms with Gasteiger partial charge in [-0.15, -0.1) is 0 Å². The number of rotatable bonds is 2. The molecule has 4 nitrogen and oxygen atoms in total. The van der Waals surface area contributed by atoms with Gasteiger partial charge in [-0.3, -0.25) is 4.79 Å². The number of hydrogen-bond donors (Lipinski definition) is 2. The molecule has 0 fully saturated rings. The van der Waals surface area contributed by atoms with Crippen LogP contribution in [0.1, 0.15) is 16.1 Å². The lowest BCUT2D eigenvalue weighted by molar-refractivity contribution is 0.102. The van der Waals surface area contributed by atoms with E-state index in [-0.39, 0.29) is 11.6 Å². The van der Waals surface area contributed by atoms with Gasteiger partial charge in [-0.05, 0) is 30.7 Å². The lowest BCUT2D eigenvalue weighted by atomic mass is 10.2. The number of aryl methyl sites for hydroxylation is 1. The Kier molecular flexibility index (Phi) is 3.48. The van der Waals surface area contributed by atoms with E-state index in [4.69, 9.17) is 17.3 Å². The summed E-state index contributed by atoms with van der Waals surface area (Å²) < 4.78 is 0. The number of nitrogens with zero attached hydrogens (tertiary/aromatic N) is 1. The van der Waals surface area contributed by atoms with Crippen molar-refractivity contribution in [3.63, 3.8) is 0 Å². The second-order valence-corrected chi connectivity index (χ2v) is 4.23. The molecule has 0 saturated carbocycles. The predicted molar refractivity (Wildman–Crippen MR) is 72.8 cm³/mol. The number of halogens is 1. The van der Waals surface area contributed by atoms with Gasteiger partial charge < -0.3 is 11.1 Å². The zero-order valence-corrected chi connectivity index (χ0v) is 10.5. The molecule has 0 unspecified atom stereocenters. The highest BCUT2D eigenvalue weighted by Crippen LogP contribution is 2.26. The first kappa shape index (κ1) is 12.4. The molecule has 1 aromatic heterocycles. The molecule has 0 aliphatic carbocycles. The topological polar surface area (TPSA) is 68.0 Å². The van der Waals surface area contributed by atoms with E-state index < -0.39 is 0 Å². The fourth-order valence-electron chi connectivity index (χ4n) is 1.57. The number of amides is 1. The number of nitrogens with one attached hydrogen (secondary N) is 1. The molecule has 1 amide bonds. The van der Waals surface area contributed by atoms with Crippen LogP contribution in [0.2, 0.25) is 5.02 Å². The first-order chi connectivity index (χ1) is 8.59. The van der Waals surface area contributed by atoms with Gasteiger partial charge in [0.05, 0.1) is 16.4 Å². The van der Waals surface area contributed by atoms with Crippen molar-refractivity contribution in [1.29, 1.82) is 0 Å². The first-order valence-electron chi connectivity index (χ1n) is 5.36. The largest absolute Gasteiger partial charge is 0.397 e. The number of pyridine rings is 1. The second kappa shape index (κ2) is 5.06. The van der Waals surface area contributed by atoms with E-state index in [0.717, 1.165) is 5.56 Å². The van der Waals surface area contributed by atoms with Crippen molar-refractivity contribution in [1.82, 2.24) is 4.98 Å². The first-order valence-corrected chi connectivity index (χ1v) is 5.74. The fraction of sp³-hybridized carbons (Fsp3) is 0.0769. The van der Waals surface area contributed by atoms with Crippen molar-refractivity contribution in [3.8, 4) is 0 Å². The van der Waals surface area contributed by atoms with Gasteiger partial charge >= 0.3 is 0 Å². The summed E-state index contributed by atoms with van der Waals surface area (Å²) in [5.74, 6) is -0.371. The summed E-state index contributed by atoms with van der Waals surface area (Å²) in [6.07, 6.45) is 1.52. The summed E-state index contributed by atoms with van der Waals surface area (Å²) >= 11 is 6.03. The van der Waals surface area contributed by atoms with Crippen molar-refractivity contribution in [2.24, 2.45) is 0 Å². The van der Waals surface area contributed by atoms with Crippen LogP contribution in [0.25, 0.3) is 0 Å².